The molecule has 3 unspecified atom stereocenters. The van der Waals surface area contributed by atoms with Gasteiger partial charge in [-0.25, -0.2) is 0 Å². The molecule has 27 nitrogen and oxygen atoms in total. The van der Waals surface area contributed by atoms with E-state index in [1.54, 1.807) is 203 Å². The minimum Gasteiger partial charge on any atom is -0.394 e. The van der Waals surface area contributed by atoms with E-state index in [4.69, 9.17) is 0 Å². The number of benzene rings is 3. The molecule has 434 valence electrons. The van der Waals surface area contributed by atoms with Crippen molar-refractivity contribution in [2.75, 3.05) is 101 Å². The van der Waals surface area contributed by atoms with E-state index >= 15 is 4.79 Å². The summed E-state index contributed by atoms with van der Waals surface area (Å²) in [6.45, 7) is -7.80. The van der Waals surface area contributed by atoms with Crippen molar-refractivity contribution < 1.29 is 89.1 Å². The monoisotopic (exact) mass is 2120 g/mol. The molecule has 17 N–H and O–H groups in total. The zero-order valence-electron chi connectivity index (χ0n) is 40.0. The highest BCUT2D eigenvalue weighted by Crippen LogP contribution is 2.39. The van der Waals surface area contributed by atoms with Crippen LogP contribution in [0.5, 0.6) is 0 Å². The lowest BCUT2D eigenvalue weighted by atomic mass is 10.1. The van der Waals surface area contributed by atoms with Crippen LogP contribution in [0.3, 0.4) is 0 Å². The highest BCUT2D eigenvalue weighted by molar-refractivity contribution is 14.1. The molecule has 0 saturated heterocycles. The third kappa shape index (κ3) is 19.3. The van der Waals surface area contributed by atoms with Gasteiger partial charge < -0.3 is 93.4 Å². The molecule has 3 rings (SSSR count). The first-order chi connectivity index (χ1) is 37.2. The topological polar surface area (TPSA) is 435 Å². The number of amides is 9. The maximum absolute atomic E-state index is 15.2. The molecule has 0 fully saturated rings. The van der Waals surface area contributed by atoms with Crippen LogP contribution in [-0.2, 0) is 14.4 Å². The second kappa shape index (κ2) is 34.9. The summed E-state index contributed by atoms with van der Waals surface area (Å²) in [7, 11) is 0. The van der Waals surface area contributed by atoms with Crippen molar-refractivity contribution in [3.8, 4) is 0 Å². The second-order valence-electron chi connectivity index (χ2n) is 15.8. The number of carbonyl (C=O) groups excluding carboxylic acids is 9. The summed E-state index contributed by atoms with van der Waals surface area (Å²) >= 11 is 15.8. The van der Waals surface area contributed by atoms with E-state index in [1.807, 2.05) is 0 Å². The van der Waals surface area contributed by atoms with Crippen LogP contribution < -0.4 is 42.5 Å². The van der Waals surface area contributed by atoms with Crippen molar-refractivity contribution in [3.05, 3.63) is 65.5 Å². The molecule has 0 aliphatic rings. The van der Waals surface area contributed by atoms with Gasteiger partial charge in [0, 0.05) is 56.5 Å². The minimum atomic E-state index is -1.38. The first-order valence-electron chi connectivity index (χ1n) is 22.1. The first kappa shape index (κ1) is 72.4. The van der Waals surface area contributed by atoms with Crippen LogP contribution >= 0.6 is 203 Å². The SMILES string of the molecule is O=C(CO)Nc1c(I)c(C(=O)NCCN(CCNC(=O)c2c(I)c(NC(=O)CO)c(I)c(C(=O)NCC(O)CO)c2I)C(=O)c2c(I)c(NC(=O)CO)c(I)c(C(=O)NCC(O)CO)c2I)c(I)c(C(=O)NCC(O)CO)c1I. The van der Waals surface area contributed by atoms with E-state index in [1.165, 1.54) is 0 Å². The largest absolute Gasteiger partial charge is 0.394 e. The predicted molar refractivity (Wildman–Crippen MR) is 358 cm³/mol. The summed E-state index contributed by atoms with van der Waals surface area (Å²) in [5, 5.41) is 107. The average Bonchev–Trinajstić information content (AvgIpc) is 3.51. The van der Waals surface area contributed by atoms with Gasteiger partial charge in [-0.2, -0.15) is 0 Å². The third-order valence-electron chi connectivity index (χ3n) is 10.3. The van der Waals surface area contributed by atoms with E-state index in [2.05, 4.69) is 42.5 Å². The Kier molecular flexibility index (Phi) is 32.0. The van der Waals surface area contributed by atoms with Crippen molar-refractivity contribution in [1.29, 1.82) is 0 Å². The van der Waals surface area contributed by atoms with Gasteiger partial charge in [-0.15, -0.1) is 0 Å². The van der Waals surface area contributed by atoms with Crippen LogP contribution in [0.2, 0.25) is 0 Å². The van der Waals surface area contributed by atoms with Crippen LogP contribution in [0.25, 0.3) is 0 Å². The molecule has 0 aliphatic heterocycles. The van der Waals surface area contributed by atoms with E-state index in [9.17, 15) is 84.3 Å². The summed E-state index contributed by atoms with van der Waals surface area (Å²) in [5.41, 5.74) is -1.03. The fourth-order valence-corrected chi connectivity index (χ4v) is 19.6. The Hall–Kier alpha value is -0.900. The fraction of sp³-hybridized carbons (Fsp3) is 0.372. The number of nitrogens with one attached hydrogen (secondary N) is 8. The zero-order valence-corrected chi connectivity index (χ0v) is 59.4. The number of anilines is 3. The van der Waals surface area contributed by atoms with Gasteiger partial charge in [0.2, 0.25) is 17.7 Å². The Balaban J connectivity index is 2.25. The minimum absolute atomic E-state index is 0.0167. The molecular weight excluding hydrogens is 2070 g/mol. The highest BCUT2D eigenvalue weighted by atomic mass is 127. The normalized spacial score (nSPS) is 12.1. The lowest BCUT2D eigenvalue weighted by molar-refractivity contribution is -0.119. The average molecular weight is 2120 g/mol. The Morgan fingerprint density at radius 3 is 0.823 bits per heavy atom. The molecule has 0 bridgehead atoms. The van der Waals surface area contributed by atoms with Gasteiger partial charge in [0.15, 0.2) is 0 Å². The van der Waals surface area contributed by atoms with Crippen LogP contribution in [0.15, 0.2) is 0 Å². The number of hydrogen-bond acceptors (Lipinski definition) is 18. The fourth-order valence-electron chi connectivity index (χ4n) is 6.39. The lowest BCUT2D eigenvalue weighted by Crippen LogP contribution is -2.44. The molecule has 3 aromatic rings. The second-order valence-corrected chi connectivity index (χ2v) is 25.5. The molecule has 0 spiro atoms. The van der Waals surface area contributed by atoms with Crippen molar-refractivity contribution in [2.24, 2.45) is 0 Å². The summed E-state index contributed by atoms with van der Waals surface area (Å²) < 4.78 is 0.853. The van der Waals surface area contributed by atoms with E-state index in [0.29, 0.717) is 0 Å². The molecule has 3 atom stereocenters. The maximum Gasteiger partial charge on any atom is 0.256 e. The number of hydrogen-bond donors (Lipinski definition) is 17. The number of halogens is 9. The van der Waals surface area contributed by atoms with Crippen LogP contribution in [-0.4, -0.2) is 208 Å². The molecule has 0 radical (unpaired) electrons. The lowest BCUT2D eigenvalue weighted by Gasteiger charge is -2.27. The molecular formula is C43H46I9N9O18. The van der Waals surface area contributed by atoms with E-state index in [-0.39, 0.29) is 109 Å². The molecule has 0 aromatic heterocycles. The molecule has 0 heterocycles. The van der Waals surface area contributed by atoms with Gasteiger partial charge in [0.1, 0.15) is 19.8 Å². The Morgan fingerprint density at radius 2 is 0.582 bits per heavy atom. The first-order valence-corrected chi connectivity index (χ1v) is 31.8. The van der Waals surface area contributed by atoms with Crippen LogP contribution in [0, 0.1) is 32.1 Å². The van der Waals surface area contributed by atoms with Gasteiger partial charge in [0.25, 0.3) is 35.4 Å². The summed E-state index contributed by atoms with van der Waals surface area (Å²) in [4.78, 5) is 124. The van der Waals surface area contributed by atoms with Gasteiger partial charge in [-0.1, -0.05) is 0 Å². The quantitative estimate of drug-likeness (QED) is 0.0427. The number of rotatable bonds is 27. The van der Waals surface area contributed by atoms with Gasteiger partial charge in [-0.05, 0) is 203 Å². The standard InChI is InChI=1S/C43H46I9N9O18/c44-26-20(29(47)35(58-17(71)11-65)31(49)22(26)40(76)55-5-14(68)8-62)38(74)53-1-3-61(43(79)25-28(46)24(42(78)57-7-16(70)10-64)33(51)37(34(25)52)60-19(73)13-67)4-2-54-39(75)21-27(45)23(41(77)56-6-15(69)9-63)32(50)36(30(21)48)59-18(72)12-66/h14-16,62-70H,1-13H2,(H,53,74)(H,54,75)(H,55,76)(H,56,77)(H,57,78)(H,58,71)(H,59,72)(H,60,73). The zero-order chi connectivity index (χ0) is 59.7. The molecule has 3 aromatic carbocycles. The Morgan fingerprint density at radius 1 is 0.354 bits per heavy atom. The smallest absolute Gasteiger partial charge is 0.256 e. The van der Waals surface area contributed by atoms with Crippen molar-refractivity contribution in [3.63, 3.8) is 0 Å². The van der Waals surface area contributed by atoms with Crippen molar-refractivity contribution in [2.45, 2.75) is 18.3 Å². The Labute approximate surface area is 571 Å². The summed E-state index contributed by atoms with van der Waals surface area (Å²) in [5.74, 6) is -7.72. The molecule has 36 heteroatoms. The van der Waals surface area contributed by atoms with E-state index in [0.717, 1.165) is 4.90 Å². The molecule has 0 aliphatic carbocycles. The van der Waals surface area contributed by atoms with Gasteiger partial charge in [0.05, 0.1) is 110 Å². The molecule has 79 heavy (non-hydrogen) atoms. The summed E-state index contributed by atoms with van der Waals surface area (Å²) in [6.07, 6.45) is -4.06. The third-order valence-corrected chi connectivity index (χ3v) is 20.0. The number of aliphatic hydroxyl groups excluding tert-OH is 9. The highest BCUT2D eigenvalue weighted by Gasteiger charge is 2.34. The predicted octanol–water partition coefficient (Wildman–Crippen LogP) is -0.528. The number of nitrogens with zero attached hydrogens (tertiary/aromatic N) is 1. The molecule has 9 amide bonds. The van der Waals surface area contributed by atoms with Gasteiger partial charge >= 0.3 is 0 Å². The number of carbonyl (C=O) groups is 9. The summed E-state index contributed by atoms with van der Waals surface area (Å²) in [6, 6.07) is 0. The van der Waals surface area contributed by atoms with E-state index < -0.39 is 131 Å². The van der Waals surface area contributed by atoms with Gasteiger partial charge in [-0.3, -0.25) is 43.2 Å². The van der Waals surface area contributed by atoms with Crippen molar-refractivity contribution in [1.82, 2.24) is 31.5 Å². The Bertz CT molecular complexity index is 2740. The van der Waals surface area contributed by atoms with Crippen molar-refractivity contribution >= 4 is 274 Å². The maximum atomic E-state index is 15.2. The number of aliphatic hydroxyl groups is 9. The van der Waals surface area contributed by atoms with Crippen LogP contribution in [0.4, 0.5) is 17.1 Å². The molecule has 0 saturated carbocycles. The van der Waals surface area contributed by atoms with Crippen LogP contribution in [0.1, 0.15) is 62.1 Å².